The Morgan fingerprint density at radius 3 is 2.64 bits per heavy atom. The highest BCUT2D eigenvalue weighted by atomic mass is 35.5. The number of halogens is 2. The van der Waals surface area contributed by atoms with Crippen molar-refractivity contribution in [1.29, 1.82) is 0 Å². The van der Waals surface area contributed by atoms with Gasteiger partial charge in [0.15, 0.2) is 0 Å². The largest absolute Gasteiger partial charge is 0.487 e. The number of aliphatic imine (C=N–C) groups is 1. The number of ether oxygens (including phenoxy) is 1. The van der Waals surface area contributed by atoms with Gasteiger partial charge >= 0.3 is 0 Å². The average molecular weight is 392 g/mol. The van der Waals surface area contributed by atoms with Crippen LogP contribution in [0.5, 0.6) is 5.75 Å². The van der Waals surface area contributed by atoms with E-state index in [1.165, 1.54) is 12.1 Å². The van der Waals surface area contributed by atoms with Gasteiger partial charge in [0.05, 0.1) is 11.4 Å². The van der Waals surface area contributed by atoms with Crippen LogP contribution in [0.15, 0.2) is 83.2 Å². The van der Waals surface area contributed by atoms with E-state index in [-0.39, 0.29) is 11.2 Å². The quantitative estimate of drug-likeness (QED) is 0.559. The van der Waals surface area contributed by atoms with Crippen LogP contribution >= 0.6 is 11.6 Å². The van der Waals surface area contributed by atoms with E-state index in [2.05, 4.69) is 24.8 Å². The molecule has 1 heterocycles. The van der Waals surface area contributed by atoms with Crippen molar-refractivity contribution in [2.45, 2.75) is 13.8 Å². The van der Waals surface area contributed by atoms with Crippen LogP contribution in [0.3, 0.4) is 0 Å². The van der Waals surface area contributed by atoms with Crippen LogP contribution in [-0.4, -0.2) is 12.3 Å². The SMILES string of the molecule is Cc1cc(Cl)ccc1C1=C[C@@]2(C)C=C(COc3ccc(F)cc3)N=C2C=C=C1. The van der Waals surface area contributed by atoms with E-state index in [1.54, 1.807) is 12.1 Å². The van der Waals surface area contributed by atoms with Crippen molar-refractivity contribution in [2.75, 3.05) is 6.61 Å². The fourth-order valence-corrected chi connectivity index (χ4v) is 3.70. The molecule has 0 radical (unpaired) electrons. The molecule has 4 heteroatoms. The molecule has 0 unspecified atom stereocenters. The zero-order valence-electron chi connectivity index (χ0n) is 15.7. The van der Waals surface area contributed by atoms with Crippen LogP contribution in [0.2, 0.25) is 5.02 Å². The first-order chi connectivity index (χ1) is 13.4. The van der Waals surface area contributed by atoms with Gasteiger partial charge in [-0.3, -0.25) is 4.99 Å². The molecule has 0 amide bonds. The lowest BCUT2D eigenvalue weighted by atomic mass is 9.83. The highest BCUT2D eigenvalue weighted by molar-refractivity contribution is 6.30. The Balaban J connectivity index is 1.61. The van der Waals surface area contributed by atoms with E-state index in [1.807, 2.05) is 37.3 Å². The molecule has 0 saturated carbocycles. The van der Waals surface area contributed by atoms with Gasteiger partial charge in [-0.1, -0.05) is 23.7 Å². The smallest absolute Gasteiger partial charge is 0.130 e. The zero-order valence-corrected chi connectivity index (χ0v) is 16.4. The van der Waals surface area contributed by atoms with Gasteiger partial charge in [-0.2, -0.15) is 0 Å². The second-order valence-electron chi connectivity index (χ2n) is 7.17. The maximum Gasteiger partial charge on any atom is 0.130 e. The standard InChI is InChI=1S/C24H19ClFNO/c1-16-12-18(25)6-11-22(16)17-4-3-5-23-24(2,13-17)14-20(27-23)15-28-21-9-7-19(26)8-10-21/h4-14H,15H2,1-2H3/t24-/m0/s1. The van der Waals surface area contributed by atoms with Crippen molar-refractivity contribution in [3.63, 3.8) is 0 Å². The summed E-state index contributed by atoms with van der Waals surface area (Å²) in [5.74, 6) is 0.331. The van der Waals surface area contributed by atoms with Crippen molar-refractivity contribution < 1.29 is 9.13 Å². The van der Waals surface area contributed by atoms with Crippen LogP contribution in [0.1, 0.15) is 18.1 Å². The summed E-state index contributed by atoms with van der Waals surface area (Å²) in [5, 5.41) is 0.726. The van der Waals surface area contributed by atoms with Crippen LogP contribution < -0.4 is 4.74 Å². The Kier molecular flexibility index (Phi) is 4.80. The number of aryl methyl sites for hydroxylation is 1. The topological polar surface area (TPSA) is 21.6 Å². The maximum absolute atomic E-state index is 13.0. The first-order valence-electron chi connectivity index (χ1n) is 9.04. The molecule has 1 atom stereocenters. The highest BCUT2D eigenvalue weighted by Crippen LogP contribution is 2.37. The molecule has 0 saturated heterocycles. The number of allylic oxidation sites excluding steroid dienone is 4. The van der Waals surface area contributed by atoms with Crippen LogP contribution in [0, 0.1) is 18.2 Å². The van der Waals surface area contributed by atoms with Gasteiger partial charge in [-0.15, -0.1) is 5.73 Å². The van der Waals surface area contributed by atoms with Gasteiger partial charge in [0.25, 0.3) is 0 Å². The monoisotopic (exact) mass is 391 g/mol. The highest BCUT2D eigenvalue weighted by Gasteiger charge is 2.32. The summed E-state index contributed by atoms with van der Waals surface area (Å²) < 4.78 is 18.8. The minimum absolute atomic E-state index is 0.283. The van der Waals surface area contributed by atoms with E-state index >= 15 is 0 Å². The van der Waals surface area contributed by atoms with Crippen molar-refractivity contribution in [1.82, 2.24) is 0 Å². The molecule has 2 aliphatic rings. The molecule has 0 fully saturated rings. The molecule has 0 aromatic heterocycles. The maximum atomic E-state index is 13.0. The van der Waals surface area contributed by atoms with E-state index in [0.29, 0.717) is 12.4 Å². The average Bonchev–Trinajstić information content (AvgIpc) is 2.87. The first kappa shape index (κ1) is 18.5. The summed E-state index contributed by atoms with van der Waals surface area (Å²) in [7, 11) is 0. The Morgan fingerprint density at radius 2 is 1.89 bits per heavy atom. The van der Waals surface area contributed by atoms with Gasteiger partial charge in [0.1, 0.15) is 18.2 Å². The van der Waals surface area contributed by atoms with Crippen LogP contribution in [-0.2, 0) is 0 Å². The Morgan fingerprint density at radius 1 is 1.11 bits per heavy atom. The summed E-state index contributed by atoms with van der Waals surface area (Å²) in [5.41, 5.74) is 7.97. The lowest BCUT2D eigenvalue weighted by Gasteiger charge is -2.19. The Hall–Kier alpha value is -2.87. The van der Waals surface area contributed by atoms with Gasteiger partial charge in [-0.25, -0.2) is 4.39 Å². The molecule has 2 aromatic rings. The Labute approximate surface area is 169 Å². The lowest BCUT2D eigenvalue weighted by molar-refractivity contribution is 0.350. The fraction of sp³-hybridized carbons (Fsp3) is 0.167. The number of nitrogens with zero attached hydrogens (tertiary/aromatic N) is 1. The predicted octanol–water partition coefficient (Wildman–Crippen LogP) is 6.32. The molecule has 1 aliphatic carbocycles. The predicted molar refractivity (Wildman–Crippen MR) is 112 cm³/mol. The third kappa shape index (κ3) is 3.73. The molecule has 0 spiro atoms. The number of hydrogen-bond acceptors (Lipinski definition) is 2. The number of benzene rings is 2. The molecule has 1 aliphatic heterocycles. The van der Waals surface area contributed by atoms with E-state index in [0.717, 1.165) is 33.1 Å². The summed E-state index contributed by atoms with van der Waals surface area (Å²) in [6.07, 6.45) is 8.19. The number of fused-ring (bicyclic) bond motifs is 1. The molecule has 2 aromatic carbocycles. The number of rotatable bonds is 4. The third-order valence-electron chi connectivity index (χ3n) is 4.90. The van der Waals surface area contributed by atoms with Gasteiger partial charge in [0, 0.05) is 16.5 Å². The second kappa shape index (κ2) is 7.27. The van der Waals surface area contributed by atoms with Crippen molar-refractivity contribution >= 4 is 22.9 Å². The summed E-state index contributed by atoms with van der Waals surface area (Å²) in [4.78, 5) is 4.71. The van der Waals surface area contributed by atoms with Gasteiger partial charge in [-0.05, 0) is 79.1 Å². The minimum atomic E-state index is -0.344. The third-order valence-corrected chi connectivity index (χ3v) is 5.13. The second-order valence-corrected chi connectivity index (χ2v) is 7.61. The summed E-state index contributed by atoms with van der Waals surface area (Å²) >= 11 is 6.10. The number of hydrogen-bond donors (Lipinski definition) is 0. The van der Waals surface area contributed by atoms with Crippen molar-refractivity contribution in [3.05, 3.63) is 100 Å². The van der Waals surface area contributed by atoms with Crippen LogP contribution in [0.4, 0.5) is 4.39 Å². The summed E-state index contributed by atoms with van der Waals surface area (Å²) in [6.45, 7) is 4.50. The van der Waals surface area contributed by atoms with Gasteiger partial charge < -0.3 is 4.74 Å². The minimum Gasteiger partial charge on any atom is -0.487 e. The Bertz CT molecular complexity index is 1090. The molecule has 2 nitrogen and oxygen atoms in total. The molecule has 28 heavy (non-hydrogen) atoms. The first-order valence-corrected chi connectivity index (χ1v) is 9.42. The van der Waals surface area contributed by atoms with Crippen molar-refractivity contribution in [2.24, 2.45) is 10.4 Å². The lowest BCUT2D eigenvalue weighted by Crippen LogP contribution is -2.18. The molecule has 0 N–H and O–H groups in total. The fourth-order valence-electron chi connectivity index (χ4n) is 3.47. The van der Waals surface area contributed by atoms with E-state index in [9.17, 15) is 4.39 Å². The summed E-state index contributed by atoms with van der Waals surface area (Å²) in [6, 6.07) is 11.9. The molecular formula is C24H19ClFNO. The molecule has 4 rings (SSSR count). The van der Waals surface area contributed by atoms with Crippen molar-refractivity contribution in [3.8, 4) is 5.75 Å². The zero-order chi connectivity index (χ0) is 19.7. The van der Waals surface area contributed by atoms with Crippen LogP contribution in [0.25, 0.3) is 5.57 Å². The molecule has 140 valence electrons. The molecule has 0 bridgehead atoms. The van der Waals surface area contributed by atoms with E-state index in [4.69, 9.17) is 21.3 Å². The van der Waals surface area contributed by atoms with Gasteiger partial charge in [0.2, 0.25) is 0 Å². The molecular weight excluding hydrogens is 373 g/mol. The normalized spacial score (nSPS) is 20.2. The van der Waals surface area contributed by atoms with E-state index < -0.39 is 0 Å².